The van der Waals surface area contributed by atoms with Gasteiger partial charge in [-0.1, -0.05) is 107 Å². The van der Waals surface area contributed by atoms with Gasteiger partial charge in [-0.15, -0.1) is 4.83 Å². The SMILES string of the molecule is CCCCCCOc1ccc(N(NS(=O)O)c2ccc(-c3c(C(C)C)cc(C(C)C)cc3C(C)C)cc2NC(=O)C(C)(C)C)cc1. The highest BCUT2D eigenvalue weighted by atomic mass is 32.2. The van der Waals surface area contributed by atoms with E-state index >= 15 is 0 Å². The van der Waals surface area contributed by atoms with Crippen LogP contribution in [0.5, 0.6) is 5.75 Å². The number of rotatable bonds is 15. The lowest BCUT2D eigenvalue weighted by atomic mass is 9.81. The summed E-state index contributed by atoms with van der Waals surface area (Å²) in [7, 11) is 0. The van der Waals surface area contributed by atoms with E-state index in [2.05, 4.69) is 70.7 Å². The molecule has 3 aromatic carbocycles. The highest BCUT2D eigenvalue weighted by molar-refractivity contribution is 7.77. The number of ether oxygens (including phenoxy) is 1. The van der Waals surface area contributed by atoms with Gasteiger partial charge in [-0.25, -0.2) is 4.21 Å². The van der Waals surface area contributed by atoms with E-state index in [1.807, 2.05) is 63.2 Å². The minimum atomic E-state index is -2.38. The summed E-state index contributed by atoms with van der Waals surface area (Å²) in [5, 5.41) is 4.68. The summed E-state index contributed by atoms with van der Waals surface area (Å²) in [6.07, 6.45) is 4.49. The predicted molar refractivity (Wildman–Crippen MR) is 194 cm³/mol. The summed E-state index contributed by atoms with van der Waals surface area (Å²) < 4.78 is 28.1. The maximum atomic E-state index is 13.4. The molecule has 0 saturated carbocycles. The minimum Gasteiger partial charge on any atom is -0.494 e. The van der Waals surface area contributed by atoms with Gasteiger partial charge < -0.3 is 10.1 Å². The minimum absolute atomic E-state index is 0.161. The molecule has 0 heterocycles. The zero-order valence-electron chi connectivity index (χ0n) is 29.5. The normalized spacial score (nSPS) is 12.6. The Hall–Kier alpha value is -3.20. The first-order valence-electron chi connectivity index (χ1n) is 16.7. The first-order chi connectivity index (χ1) is 21.6. The van der Waals surface area contributed by atoms with Crippen LogP contribution in [0.25, 0.3) is 11.1 Å². The molecule has 3 rings (SSSR count). The van der Waals surface area contributed by atoms with Crippen molar-refractivity contribution >= 4 is 34.2 Å². The molecule has 8 heteroatoms. The van der Waals surface area contributed by atoms with Gasteiger partial charge in [-0.2, -0.15) is 0 Å². The Bertz CT molecular complexity index is 1450. The summed E-state index contributed by atoms with van der Waals surface area (Å²) in [4.78, 5) is 16.1. The third-order valence-electron chi connectivity index (χ3n) is 8.12. The van der Waals surface area contributed by atoms with Gasteiger partial charge in [0.1, 0.15) is 5.75 Å². The van der Waals surface area contributed by atoms with Gasteiger partial charge in [0.05, 0.1) is 23.7 Å². The number of hydrogen-bond acceptors (Lipinski definition) is 4. The van der Waals surface area contributed by atoms with E-state index in [0.29, 0.717) is 29.6 Å². The molecule has 1 amide bonds. The Morgan fingerprint density at radius 1 is 0.870 bits per heavy atom. The lowest BCUT2D eigenvalue weighted by Crippen LogP contribution is -2.36. The Morgan fingerprint density at radius 3 is 1.98 bits per heavy atom. The molecule has 0 fully saturated rings. The summed E-state index contributed by atoms with van der Waals surface area (Å²) >= 11 is -2.38. The first-order valence-corrected chi connectivity index (χ1v) is 17.8. The summed E-state index contributed by atoms with van der Waals surface area (Å²) in [5.41, 5.74) is 6.99. The van der Waals surface area contributed by atoms with Crippen LogP contribution in [0.2, 0.25) is 0 Å². The lowest BCUT2D eigenvalue weighted by Gasteiger charge is -2.29. The molecule has 0 aliphatic rings. The van der Waals surface area contributed by atoms with Crippen molar-refractivity contribution in [1.82, 2.24) is 4.83 Å². The molecule has 1 atom stereocenters. The summed E-state index contributed by atoms with van der Waals surface area (Å²) in [6, 6.07) is 17.9. The average Bonchev–Trinajstić information content (AvgIpc) is 2.99. The maximum Gasteiger partial charge on any atom is 0.250 e. The fourth-order valence-electron chi connectivity index (χ4n) is 5.31. The number of carbonyl (C=O) groups is 1. The molecular weight excluding hydrogens is 595 g/mol. The van der Waals surface area contributed by atoms with Crippen LogP contribution < -0.4 is 19.9 Å². The number of amides is 1. The van der Waals surface area contributed by atoms with Gasteiger partial charge in [0.15, 0.2) is 0 Å². The Kier molecular flexibility index (Phi) is 13.4. The quantitative estimate of drug-likeness (QED) is 0.0866. The Morgan fingerprint density at radius 2 is 1.48 bits per heavy atom. The number of hydrazine groups is 1. The van der Waals surface area contributed by atoms with Gasteiger partial charge in [0.25, 0.3) is 11.3 Å². The number of nitrogens with zero attached hydrogens (tertiary/aromatic N) is 1. The van der Waals surface area contributed by atoms with E-state index < -0.39 is 16.7 Å². The fourth-order valence-corrected chi connectivity index (χ4v) is 5.67. The highest BCUT2D eigenvalue weighted by Crippen LogP contribution is 2.42. The molecule has 46 heavy (non-hydrogen) atoms. The van der Waals surface area contributed by atoms with Crippen molar-refractivity contribution in [3.63, 3.8) is 0 Å². The van der Waals surface area contributed by atoms with Gasteiger partial charge >= 0.3 is 0 Å². The molecule has 1 unspecified atom stereocenters. The Labute approximate surface area is 279 Å². The molecule has 0 radical (unpaired) electrons. The molecule has 0 spiro atoms. The molecule has 0 aliphatic carbocycles. The van der Waals surface area contributed by atoms with Crippen LogP contribution in [0.3, 0.4) is 0 Å². The Balaban J connectivity index is 2.18. The van der Waals surface area contributed by atoms with Gasteiger partial charge in [0, 0.05) is 5.41 Å². The van der Waals surface area contributed by atoms with E-state index in [1.54, 1.807) is 0 Å². The van der Waals surface area contributed by atoms with Crippen molar-refractivity contribution in [2.24, 2.45) is 5.41 Å². The number of benzene rings is 3. The first kappa shape index (κ1) is 37.3. The molecule has 0 bridgehead atoms. The van der Waals surface area contributed by atoms with Crippen molar-refractivity contribution < 1.29 is 18.3 Å². The van der Waals surface area contributed by atoms with Crippen LogP contribution in [-0.2, 0) is 16.1 Å². The molecule has 252 valence electrons. The largest absolute Gasteiger partial charge is 0.494 e. The van der Waals surface area contributed by atoms with Gasteiger partial charge in [0.2, 0.25) is 5.91 Å². The van der Waals surface area contributed by atoms with E-state index in [0.717, 1.165) is 29.7 Å². The van der Waals surface area contributed by atoms with Gasteiger partial charge in [-0.3, -0.25) is 14.4 Å². The maximum absolute atomic E-state index is 13.4. The van der Waals surface area contributed by atoms with Gasteiger partial charge in [-0.05, 0) is 88.4 Å². The molecule has 0 aliphatic heterocycles. The summed E-state index contributed by atoms with van der Waals surface area (Å²) in [5.74, 6) is 1.52. The van der Waals surface area contributed by atoms with E-state index in [9.17, 15) is 13.6 Å². The van der Waals surface area contributed by atoms with Crippen LogP contribution in [0.15, 0.2) is 54.6 Å². The van der Waals surface area contributed by atoms with Crippen LogP contribution in [0.1, 0.15) is 129 Å². The number of nitrogens with one attached hydrogen (secondary N) is 2. The molecule has 0 saturated heterocycles. The van der Waals surface area contributed by atoms with E-state index in [4.69, 9.17) is 4.74 Å². The topological polar surface area (TPSA) is 90.9 Å². The molecular formula is C38H55N3O4S. The highest BCUT2D eigenvalue weighted by Gasteiger charge is 2.26. The second-order valence-electron chi connectivity index (χ2n) is 14.1. The number of carbonyl (C=O) groups excluding carboxylic acids is 1. The van der Waals surface area contributed by atoms with Crippen molar-refractivity contribution in [2.45, 2.75) is 113 Å². The zero-order chi connectivity index (χ0) is 34.2. The number of hydrogen-bond donors (Lipinski definition) is 3. The zero-order valence-corrected chi connectivity index (χ0v) is 30.3. The molecule has 3 N–H and O–H groups in total. The van der Waals surface area contributed by atoms with Crippen molar-refractivity contribution in [3.05, 3.63) is 71.3 Å². The molecule has 0 aromatic heterocycles. The van der Waals surface area contributed by atoms with Crippen LogP contribution in [0, 0.1) is 5.41 Å². The second kappa shape index (κ2) is 16.6. The van der Waals surface area contributed by atoms with Crippen molar-refractivity contribution in [3.8, 4) is 16.9 Å². The van der Waals surface area contributed by atoms with E-state index in [-0.39, 0.29) is 17.7 Å². The third-order valence-corrected chi connectivity index (χ3v) is 8.46. The smallest absolute Gasteiger partial charge is 0.250 e. The third kappa shape index (κ3) is 9.90. The standard InChI is InChI=1S/C38H55N3O4S/c1-11-12-13-14-21-45-31-18-16-30(17-19-31)41(40-46(43)44)35-20-15-28(24-34(35)39-37(42)38(8,9)10)36-32(26(4)5)22-29(25(2)3)23-33(36)27(6)7/h15-20,22-27,40H,11-14,21H2,1-10H3,(H,39,42)(H,43,44). The molecule has 3 aromatic rings. The second-order valence-corrected chi connectivity index (χ2v) is 14.7. The number of unbranched alkanes of at least 4 members (excludes halogenated alkanes) is 3. The lowest BCUT2D eigenvalue weighted by molar-refractivity contribution is -0.123. The van der Waals surface area contributed by atoms with Crippen molar-refractivity contribution in [1.29, 1.82) is 0 Å². The monoisotopic (exact) mass is 649 g/mol. The number of anilines is 3. The fraction of sp³-hybridized carbons (Fsp3) is 0.500. The van der Waals surface area contributed by atoms with Crippen LogP contribution in [0.4, 0.5) is 17.1 Å². The van der Waals surface area contributed by atoms with Crippen molar-refractivity contribution in [2.75, 3.05) is 16.9 Å². The van der Waals surface area contributed by atoms with Crippen LogP contribution >= 0.6 is 0 Å². The van der Waals surface area contributed by atoms with E-state index in [1.165, 1.54) is 34.5 Å². The van der Waals surface area contributed by atoms with Crippen LogP contribution in [-0.4, -0.2) is 21.3 Å². The predicted octanol–water partition coefficient (Wildman–Crippen LogP) is 10.4. The average molecular weight is 650 g/mol. The summed E-state index contributed by atoms with van der Waals surface area (Å²) in [6.45, 7) is 21.7. The molecule has 7 nitrogen and oxygen atoms in total.